The van der Waals surface area contributed by atoms with Crippen LogP contribution in [0.3, 0.4) is 0 Å². The van der Waals surface area contributed by atoms with E-state index in [-0.39, 0.29) is 29.9 Å². The first kappa shape index (κ1) is 29.1. The molecule has 2 fully saturated rings. The van der Waals surface area contributed by atoms with E-state index in [1.54, 1.807) is 30.3 Å². The number of amides is 2. The van der Waals surface area contributed by atoms with Gasteiger partial charge in [-0.2, -0.15) is 0 Å². The number of primary amides is 1. The summed E-state index contributed by atoms with van der Waals surface area (Å²) in [6.07, 6.45) is 1.38. The minimum absolute atomic E-state index is 0.00818. The number of nitrogens with one attached hydrogen (secondary N) is 1. The average molecular weight is 601 g/mol. The molecule has 44 heavy (non-hydrogen) atoms. The first-order valence-corrected chi connectivity index (χ1v) is 13.9. The summed E-state index contributed by atoms with van der Waals surface area (Å²) in [4.78, 5) is 80.8. The standard InChI is InChI=1S/C31H28N4O9/c1-35(2)24-18-12-14-11-17-16(13-4-3-5-15(10-13)34-30(42)20-8-9-33-44-20)6-7-19(36)22(17)25(37)21(14)27(39)31(18,43)28(40)23(26(24)38)29(32)41/h3-10,14,18,21,23-24,36,43H,11-12H2,1-2H3,(H2,32,41)(H,34,42)/t14-,18-,21?,23?,24-,31-/m0/s1. The number of phenolic OH excluding ortho intramolecular Hbond substituents is 1. The fraction of sp³-hybridized carbons (Fsp3) is 0.323. The van der Waals surface area contributed by atoms with Crippen molar-refractivity contribution >= 4 is 40.6 Å². The number of anilines is 1. The van der Waals surface area contributed by atoms with Gasteiger partial charge in [0.1, 0.15) is 5.75 Å². The number of likely N-dealkylation sites (N-methyl/N-ethyl adjacent to an activating group) is 1. The van der Waals surface area contributed by atoms with E-state index in [2.05, 4.69) is 10.5 Å². The van der Waals surface area contributed by atoms with Gasteiger partial charge in [0.05, 0.1) is 23.7 Å². The molecule has 2 unspecified atom stereocenters. The van der Waals surface area contributed by atoms with Gasteiger partial charge in [0.15, 0.2) is 34.7 Å². The number of carbonyl (C=O) groups is 6. The van der Waals surface area contributed by atoms with E-state index in [4.69, 9.17) is 10.3 Å². The molecule has 0 aliphatic heterocycles. The van der Waals surface area contributed by atoms with E-state index < -0.39 is 70.3 Å². The Balaban J connectivity index is 1.41. The normalized spacial score (nSPS) is 27.9. The lowest BCUT2D eigenvalue weighted by Crippen LogP contribution is -2.74. The summed E-state index contributed by atoms with van der Waals surface area (Å²) in [5.74, 6) is -11.7. The zero-order chi connectivity index (χ0) is 31.7. The molecule has 1 aromatic heterocycles. The Morgan fingerprint density at radius 2 is 1.84 bits per heavy atom. The van der Waals surface area contributed by atoms with Crippen LogP contribution in [0.15, 0.2) is 53.2 Å². The van der Waals surface area contributed by atoms with Crippen LogP contribution >= 0.6 is 0 Å². The SMILES string of the molecule is CN(C)[C@@H]1C(=O)C(C(N)=O)C(=O)[C@@]2(O)C(=O)C3C(=O)c4c(O)ccc(-c5cccc(NC(=O)c6ccno6)c5)c4C[C@H]3C[C@@H]12. The molecule has 6 rings (SSSR count). The molecule has 0 spiro atoms. The van der Waals surface area contributed by atoms with Crippen molar-refractivity contribution in [3.05, 3.63) is 65.5 Å². The largest absolute Gasteiger partial charge is 0.507 e. The van der Waals surface area contributed by atoms with Crippen LogP contribution in [-0.4, -0.2) is 81.0 Å². The first-order chi connectivity index (χ1) is 20.9. The van der Waals surface area contributed by atoms with Gasteiger partial charge in [0.25, 0.3) is 5.91 Å². The third kappa shape index (κ3) is 4.19. The summed E-state index contributed by atoms with van der Waals surface area (Å²) < 4.78 is 4.90. The van der Waals surface area contributed by atoms with Crippen LogP contribution in [0.25, 0.3) is 11.1 Å². The molecule has 5 N–H and O–H groups in total. The number of nitrogens with zero attached hydrogens (tertiary/aromatic N) is 2. The van der Waals surface area contributed by atoms with Gasteiger partial charge >= 0.3 is 0 Å². The van der Waals surface area contributed by atoms with Crippen molar-refractivity contribution in [3.8, 4) is 16.9 Å². The van der Waals surface area contributed by atoms with Crippen molar-refractivity contribution in [1.29, 1.82) is 0 Å². The van der Waals surface area contributed by atoms with Crippen LogP contribution in [0.5, 0.6) is 5.75 Å². The molecule has 13 heteroatoms. The molecule has 1 heterocycles. The third-order valence-electron chi connectivity index (χ3n) is 9.04. The predicted octanol–water partition coefficient (Wildman–Crippen LogP) is 0.774. The number of rotatable bonds is 5. The van der Waals surface area contributed by atoms with Crippen LogP contribution in [0.4, 0.5) is 5.69 Å². The molecule has 226 valence electrons. The van der Waals surface area contributed by atoms with E-state index >= 15 is 0 Å². The second kappa shape index (κ2) is 10.3. The number of aromatic nitrogens is 1. The number of hydrogen-bond acceptors (Lipinski definition) is 11. The van der Waals surface area contributed by atoms with Gasteiger partial charge in [-0.3, -0.25) is 33.7 Å². The second-order valence-electron chi connectivity index (χ2n) is 11.7. The first-order valence-electron chi connectivity index (χ1n) is 13.9. The quantitative estimate of drug-likeness (QED) is 0.301. The number of aliphatic hydroxyl groups is 1. The van der Waals surface area contributed by atoms with Gasteiger partial charge in [-0.05, 0) is 67.7 Å². The molecular formula is C31H28N4O9. The highest BCUT2D eigenvalue weighted by molar-refractivity contribution is 6.32. The summed E-state index contributed by atoms with van der Waals surface area (Å²) >= 11 is 0. The third-order valence-corrected chi connectivity index (χ3v) is 9.04. The molecule has 3 aliphatic rings. The number of fused-ring (bicyclic) bond motifs is 3. The summed E-state index contributed by atoms with van der Waals surface area (Å²) in [5.41, 5.74) is 4.46. The Bertz CT molecular complexity index is 1770. The minimum atomic E-state index is -2.79. The molecule has 3 aliphatic carbocycles. The summed E-state index contributed by atoms with van der Waals surface area (Å²) in [5, 5.41) is 28.8. The Hall–Kier alpha value is -5.01. The van der Waals surface area contributed by atoms with Crippen molar-refractivity contribution in [2.75, 3.05) is 19.4 Å². The van der Waals surface area contributed by atoms with Crippen LogP contribution < -0.4 is 11.1 Å². The Morgan fingerprint density at radius 3 is 2.50 bits per heavy atom. The Labute approximate surface area is 250 Å². The van der Waals surface area contributed by atoms with E-state index in [1.807, 2.05) is 0 Å². The number of ketones is 4. The van der Waals surface area contributed by atoms with Gasteiger partial charge in [-0.15, -0.1) is 0 Å². The molecule has 0 saturated heterocycles. The minimum Gasteiger partial charge on any atom is -0.507 e. The number of aromatic hydroxyl groups is 1. The highest BCUT2D eigenvalue weighted by atomic mass is 16.5. The number of phenols is 1. The number of hydrogen-bond donors (Lipinski definition) is 4. The maximum Gasteiger partial charge on any atom is 0.294 e. The number of nitrogens with two attached hydrogens (primary N) is 1. The molecular weight excluding hydrogens is 572 g/mol. The number of Topliss-reactive ketones (excluding diaryl/α,β-unsaturated/α-hetero) is 4. The van der Waals surface area contributed by atoms with E-state index in [0.717, 1.165) is 0 Å². The maximum atomic E-state index is 14.0. The van der Waals surface area contributed by atoms with Crippen LogP contribution in [-0.2, 0) is 25.6 Å². The van der Waals surface area contributed by atoms with Crippen molar-refractivity contribution in [3.63, 3.8) is 0 Å². The van der Waals surface area contributed by atoms with Crippen molar-refractivity contribution < 1.29 is 43.5 Å². The lowest BCUT2D eigenvalue weighted by Gasteiger charge is -2.52. The molecule has 2 aromatic carbocycles. The van der Waals surface area contributed by atoms with Gasteiger partial charge in [0.2, 0.25) is 11.7 Å². The number of benzene rings is 2. The Morgan fingerprint density at radius 1 is 1.09 bits per heavy atom. The summed E-state index contributed by atoms with van der Waals surface area (Å²) in [6, 6.07) is 9.93. The molecule has 3 aromatic rings. The van der Waals surface area contributed by atoms with Crippen molar-refractivity contribution in [2.24, 2.45) is 29.4 Å². The van der Waals surface area contributed by atoms with Crippen molar-refractivity contribution in [2.45, 2.75) is 24.5 Å². The lowest BCUT2D eigenvalue weighted by atomic mass is 9.52. The molecule has 2 amide bonds. The van der Waals surface area contributed by atoms with Gasteiger partial charge < -0.3 is 25.8 Å². The van der Waals surface area contributed by atoms with E-state index in [0.29, 0.717) is 22.4 Å². The zero-order valence-corrected chi connectivity index (χ0v) is 23.6. The van der Waals surface area contributed by atoms with Gasteiger partial charge in [0, 0.05) is 17.7 Å². The van der Waals surface area contributed by atoms with Crippen molar-refractivity contribution in [1.82, 2.24) is 10.1 Å². The van der Waals surface area contributed by atoms with Crippen LogP contribution in [0.2, 0.25) is 0 Å². The lowest BCUT2D eigenvalue weighted by molar-refractivity contribution is -0.181. The van der Waals surface area contributed by atoms with Crippen LogP contribution in [0.1, 0.15) is 32.9 Å². The van der Waals surface area contributed by atoms with E-state index in [9.17, 15) is 39.0 Å². The monoisotopic (exact) mass is 600 g/mol. The average Bonchev–Trinajstić information content (AvgIpc) is 3.50. The smallest absolute Gasteiger partial charge is 0.294 e. The fourth-order valence-corrected chi connectivity index (χ4v) is 7.17. The highest BCUT2D eigenvalue weighted by Gasteiger charge is 2.69. The highest BCUT2D eigenvalue weighted by Crippen LogP contribution is 2.51. The zero-order valence-electron chi connectivity index (χ0n) is 23.6. The summed E-state index contributed by atoms with van der Waals surface area (Å²) in [6.45, 7) is 0. The number of carbonyl (C=O) groups excluding carboxylic acids is 6. The molecule has 0 bridgehead atoms. The fourth-order valence-electron chi connectivity index (χ4n) is 7.17. The van der Waals surface area contributed by atoms with Gasteiger partial charge in [-0.1, -0.05) is 23.4 Å². The maximum absolute atomic E-state index is 14.0. The van der Waals surface area contributed by atoms with E-state index in [1.165, 1.54) is 37.3 Å². The summed E-state index contributed by atoms with van der Waals surface area (Å²) in [7, 11) is 3.05. The molecule has 2 saturated carbocycles. The second-order valence-corrected chi connectivity index (χ2v) is 11.7. The molecule has 6 atom stereocenters. The van der Waals surface area contributed by atoms with Crippen LogP contribution in [0, 0.1) is 23.7 Å². The molecule has 0 radical (unpaired) electrons. The Kier molecular flexibility index (Phi) is 6.82. The van der Waals surface area contributed by atoms with Gasteiger partial charge in [-0.25, -0.2) is 0 Å². The predicted molar refractivity (Wildman–Crippen MR) is 151 cm³/mol. The topological polar surface area (TPSA) is 210 Å². The molecule has 13 nitrogen and oxygen atoms in total.